The molecule has 0 spiro atoms. The molecule has 1 saturated carbocycles. The van der Waals surface area contributed by atoms with E-state index in [2.05, 4.69) is 22.4 Å². The van der Waals surface area contributed by atoms with Crippen molar-refractivity contribution >= 4 is 40.5 Å². The van der Waals surface area contributed by atoms with Gasteiger partial charge in [-0.05, 0) is 30.5 Å². The Labute approximate surface area is 140 Å². The van der Waals surface area contributed by atoms with E-state index in [1.165, 1.54) is 29.7 Å². The molecule has 1 aliphatic rings. The van der Waals surface area contributed by atoms with Gasteiger partial charge in [0.1, 0.15) is 0 Å². The fraction of sp³-hybridized carbons (Fsp3) is 0.400. The Kier molecular flexibility index (Phi) is 5.49. The standard InChI is InChI=1S/C15H18ClN3S.ClH/c16-12-4-2-11(3-5-12)15(6-1-7-15)10-18-8-13-9-19-14(17)20-13;/h2-5,9,18H,1,6-8,10H2,(H2,17,19);1H. The van der Waals surface area contributed by atoms with E-state index in [0.29, 0.717) is 5.13 Å². The van der Waals surface area contributed by atoms with E-state index in [1.807, 2.05) is 18.3 Å². The normalized spacial score (nSPS) is 16.0. The van der Waals surface area contributed by atoms with Crippen LogP contribution in [-0.2, 0) is 12.0 Å². The molecule has 3 N–H and O–H groups in total. The number of nitrogen functional groups attached to an aromatic ring is 1. The van der Waals surface area contributed by atoms with Gasteiger partial charge in [-0.15, -0.1) is 23.7 Å². The molecule has 1 heterocycles. The van der Waals surface area contributed by atoms with Crippen LogP contribution in [0.5, 0.6) is 0 Å². The average Bonchev–Trinajstić information content (AvgIpc) is 2.80. The smallest absolute Gasteiger partial charge is 0.180 e. The molecule has 3 nitrogen and oxygen atoms in total. The summed E-state index contributed by atoms with van der Waals surface area (Å²) in [6.45, 7) is 1.83. The molecule has 6 heteroatoms. The van der Waals surface area contributed by atoms with Crippen molar-refractivity contribution in [3.63, 3.8) is 0 Å². The van der Waals surface area contributed by atoms with Crippen LogP contribution in [0.25, 0.3) is 0 Å². The van der Waals surface area contributed by atoms with Crippen molar-refractivity contribution in [2.24, 2.45) is 0 Å². The van der Waals surface area contributed by atoms with E-state index in [0.717, 1.165) is 18.1 Å². The fourth-order valence-corrected chi connectivity index (χ4v) is 3.58. The number of benzene rings is 1. The first-order chi connectivity index (χ1) is 9.68. The van der Waals surface area contributed by atoms with Gasteiger partial charge in [0.25, 0.3) is 0 Å². The van der Waals surface area contributed by atoms with E-state index in [1.54, 1.807) is 11.3 Å². The largest absolute Gasteiger partial charge is 0.375 e. The number of hydrogen-bond acceptors (Lipinski definition) is 4. The summed E-state index contributed by atoms with van der Waals surface area (Å²) >= 11 is 7.53. The van der Waals surface area contributed by atoms with Gasteiger partial charge in [-0.1, -0.05) is 30.2 Å². The van der Waals surface area contributed by atoms with Crippen molar-refractivity contribution in [1.29, 1.82) is 0 Å². The van der Waals surface area contributed by atoms with Crippen LogP contribution in [0.15, 0.2) is 30.5 Å². The van der Waals surface area contributed by atoms with E-state index in [-0.39, 0.29) is 17.8 Å². The van der Waals surface area contributed by atoms with E-state index in [9.17, 15) is 0 Å². The van der Waals surface area contributed by atoms with E-state index < -0.39 is 0 Å². The third kappa shape index (κ3) is 3.69. The molecular formula is C15H19Cl2N3S. The number of hydrogen-bond donors (Lipinski definition) is 2. The molecule has 1 aromatic heterocycles. The lowest BCUT2D eigenvalue weighted by atomic mass is 9.64. The first-order valence-electron chi connectivity index (χ1n) is 6.85. The van der Waals surface area contributed by atoms with Gasteiger partial charge in [0, 0.05) is 34.6 Å². The van der Waals surface area contributed by atoms with Crippen LogP contribution >= 0.6 is 35.3 Å². The second-order valence-electron chi connectivity index (χ2n) is 5.41. The summed E-state index contributed by atoms with van der Waals surface area (Å²) < 4.78 is 0. The fourth-order valence-electron chi connectivity index (χ4n) is 2.80. The number of nitrogens with zero attached hydrogens (tertiary/aromatic N) is 1. The average molecular weight is 344 g/mol. The Balaban J connectivity index is 0.00000161. The SMILES string of the molecule is Cl.Nc1ncc(CNCC2(c3ccc(Cl)cc3)CCC2)s1. The van der Waals surface area contributed by atoms with Gasteiger partial charge in [-0.3, -0.25) is 0 Å². The molecule has 0 unspecified atom stereocenters. The number of nitrogens with one attached hydrogen (secondary N) is 1. The summed E-state index contributed by atoms with van der Waals surface area (Å²) in [5.41, 5.74) is 7.32. The minimum atomic E-state index is 0. The minimum Gasteiger partial charge on any atom is -0.375 e. The van der Waals surface area contributed by atoms with E-state index in [4.69, 9.17) is 17.3 Å². The highest BCUT2D eigenvalue weighted by atomic mass is 35.5. The molecule has 0 amide bonds. The first-order valence-corrected chi connectivity index (χ1v) is 8.04. The van der Waals surface area contributed by atoms with Crippen molar-refractivity contribution < 1.29 is 0 Å². The maximum atomic E-state index is 5.98. The third-order valence-corrected chi connectivity index (χ3v) is 5.18. The molecule has 1 fully saturated rings. The van der Waals surface area contributed by atoms with Gasteiger partial charge in [-0.25, -0.2) is 4.98 Å². The van der Waals surface area contributed by atoms with Crippen LogP contribution in [0.1, 0.15) is 29.7 Å². The molecule has 21 heavy (non-hydrogen) atoms. The quantitative estimate of drug-likeness (QED) is 0.862. The van der Waals surface area contributed by atoms with Crippen LogP contribution in [0, 0.1) is 0 Å². The number of halogens is 2. The Morgan fingerprint density at radius 3 is 2.52 bits per heavy atom. The second kappa shape index (κ2) is 6.97. The summed E-state index contributed by atoms with van der Waals surface area (Å²) in [5, 5.41) is 4.99. The molecule has 1 aliphatic carbocycles. The van der Waals surface area contributed by atoms with Crippen molar-refractivity contribution in [2.75, 3.05) is 12.3 Å². The highest BCUT2D eigenvalue weighted by Crippen LogP contribution is 2.43. The van der Waals surface area contributed by atoms with Crippen molar-refractivity contribution in [3.05, 3.63) is 45.9 Å². The Hall–Kier alpha value is -0.810. The lowest BCUT2D eigenvalue weighted by Gasteiger charge is -2.43. The Bertz CT molecular complexity index is 579. The number of aromatic nitrogens is 1. The maximum Gasteiger partial charge on any atom is 0.180 e. The Morgan fingerprint density at radius 1 is 1.29 bits per heavy atom. The lowest BCUT2D eigenvalue weighted by molar-refractivity contribution is 0.233. The van der Waals surface area contributed by atoms with Gasteiger partial charge >= 0.3 is 0 Å². The molecule has 3 rings (SSSR count). The van der Waals surface area contributed by atoms with Gasteiger partial charge in [0.05, 0.1) is 0 Å². The molecule has 1 aromatic carbocycles. The first kappa shape index (κ1) is 16.6. The monoisotopic (exact) mass is 343 g/mol. The summed E-state index contributed by atoms with van der Waals surface area (Å²) in [7, 11) is 0. The zero-order chi connectivity index (χ0) is 14.0. The molecule has 114 valence electrons. The van der Waals surface area contributed by atoms with Gasteiger partial charge in [-0.2, -0.15) is 0 Å². The molecule has 0 bridgehead atoms. The minimum absolute atomic E-state index is 0. The molecular weight excluding hydrogens is 325 g/mol. The second-order valence-corrected chi connectivity index (χ2v) is 6.99. The summed E-state index contributed by atoms with van der Waals surface area (Å²) in [5.74, 6) is 0. The van der Waals surface area contributed by atoms with Crippen LogP contribution < -0.4 is 11.1 Å². The Morgan fingerprint density at radius 2 is 2.00 bits per heavy atom. The van der Waals surface area contributed by atoms with Crippen molar-refractivity contribution in [2.45, 2.75) is 31.2 Å². The molecule has 0 saturated heterocycles. The highest BCUT2D eigenvalue weighted by molar-refractivity contribution is 7.15. The summed E-state index contributed by atoms with van der Waals surface area (Å²) in [4.78, 5) is 5.26. The lowest BCUT2D eigenvalue weighted by Crippen LogP contribution is -2.43. The number of rotatable bonds is 5. The number of thiazole rings is 1. The summed E-state index contributed by atoms with van der Waals surface area (Å²) in [6, 6.07) is 8.30. The van der Waals surface area contributed by atoms with Gasteiger partial charge < -0.3 is 11.1 Å². The van der Waals surface area contributed by atoms with E-state index >= 15 is 0 Å². The zero-order valence-corrected chi connectivity index (χ0v) is 14.0. The number of nitrogens with two attached hydrogens (primary N) is 1. The number of anilines is 1. The van der Waals surface area contributed by atoms with Crippen molar-refractivity contribution in [1.82, 2.24) is 10.3 Å². The summed E-state index contributed by atoms with van der Waals surface area (Å²) in [6.07, 6.45) is 5.64. The maximum absolute atomic E-state index is 5.98. The molecule has 0 atom stereocenters. The zero-order valence-electron chi connectivity index (χ0n) is 11.6. The van der Waals surface area contributed by atoms with Crippen LogP contribution in [0.2, 0.25) is 5.02 Å². The predicted octanol–water partition coefficient (Wildman–Crippen LogP) is 4.01. The van der Waals surface area contributed by atoms with Gasteiger partial charge in [0.2, 0.25) is 0 Å². The molecule has 0 aliphatic heterocycles. The van der Waals surface area contributed by atoms with Crippen LogP contribution in [-0.4, -0.2) is 11.5 Å². The van der Waals surface area contributed by atoms with Crippen LogP contribution in [0.3, 0.4) is 0 Å². The topological polar surface area (TPSA) is 50.9 Å². The molecule has 0 radical (unpaired) electrons. The van der Waals surface area contributed by atoms with Gasteiger partial charge in [0.15, 0.2) is 5.13 Å². The third-order valence-electron chi connectivity index (χ3n) is 4.10. The van der Waals surface area contributed by atoms with Crippen LogP contribution in [0.4, 0.5) is 5.13 Å². The predicted molar refractivity (Wildman–Crippen MR) is 92.5 cm³/mol. The highest BCUT2D eigenvalue weighted by Gasteiger charge is 2.38. The van der Waals surface area contributed by atoms with Crippen molar-refractivity contribution in [3.8, 4) is 0 Å². The molecule has 2 aromatic rings.